The zero-order valence-electron chi connectivity index (χ0n) is 6.93. The Labute approximate surface area is 75.0 Å². The summed E-state index contributed by atoms with van der Waals surface area (Å²) >= 11 is 0. The van der Waals surface area contributed by atoms with Gasteiger partial charge in [-0.05, 0) is 0 Å². The summed E-state index contributed by atoms with van der Waals surface area (Å²) in [4.78, 5) is 10.0. The highest BCUT2D eigenvalue weighted by molar-refractivity contribution is 5.79. The molecule has 1 aromatic rings. The molecule has 0 aliphatic carbocycles. The Morgan fingerprint density at radius 3 is 3.23 bits per heavy atom. The van der Waals surface area contributed by atoms with Crippen LogP contribution in [0.1, 0.15) is 5.76 Å². The van der Waals surface area contributed by atoms with Gasteiger partial charge in [-0.1, -0.05) is 11.2 Å². The molecule has 13 heavy (non-hydrogen) atoms. The van der Waals surface area contributed by atoms with E-state index in [0.717, 1.165) is 11.8 Å². The number of nitrogens with zero attached hydrogens (tertiary/aromatic N) is 1. The number of rotatable bonds is 5. The van der Waals surface area contributed by atoms with Crippen LogP contribution in [-0.2, 0) is 11.3 Å². The summed E-state index contributed by atoms with van der Waals surface area (Å²) < 4.78 is 4.81. The van der Waals surface area contributed by atoms with Crippen LogP contribution in [0.25, 0.3) is 0 Å². The van der Waals surface area contributed by atoms with Crippen LogP contribution in [0, 0.1) is 0 Å². The molecule has 0 saturated carbocycles. The Morgan fingerprint density at radius 1 is 1.77 bits per heavy atom. The van der Waals surface area contributed by atoms with Crippen molar-refractivity contribution in [3.63, 3.8) is 0 Å². The van der Waals surface area contributed by atoms with Crippen molar-refractivity contribution in [1.29, 1.82) is 0 Å². The van der Waals surface area contributed by atoms with Crippen molar-refractivity contribution >= 4 is 5.97 Å². The molecule has 1 aromatic heterocycles. The predicted octanol–water partition coefficient (Wildman–Crippen LogP) is 0.405. The molecule has 0 fully saturated rings. The Kier molecular flexibility index (Phi) is 3.72. The summed E-state index contributed by atoms with van der Waals surface area (Å²) in [6.45, 7) is 1.04. The summed E-state index contributed by atoms with van der Waals surface area (Å²) in [5, 5.41) is 14.7. The number of aromatic nitrogens is 1. The highest BCUT2D eigenvalue weighted by Gasteiger charge is 1.93. The molecule has 1 rings (SSSR count). The molecule has 0 atom stereocenters. The van der Waals surface area contributed by atoms with Crippen molar-refractivity contribution in [2.45, 2.75) is 6.54 Å². The van der Waals surface area contributed by atoms with E-state index in [-0.39, 0.29) is 0 Å². The summed E-state index contributed by atoms with van der Waals surface area (Å²) in [7, 11) is 0. The minimum atomic E-state index is -0.943. The highest BCUT2D eigenvalue weighted by Crippen LogP contribution is 1.93. The molecule has 0 aromatic carbocycles. The van der Waals surface area contributed by atoms with Gasteiger partial charge in [0.2, 0.25) is 0 Å². The van der Waals surface area contributed by atoms with E-state index in [9.17, 15) is 4.79 Å². The molecule has 1 heterocycles. The molecule has 0 spiro atoms. The third kappa shape index (κ3) is 4.07. The minimum Gasteiger partial charge on any atom is -0.478 e. The molecule has 0 unspecified atom stereocenters. The molecule has 0 aliphatic heterocycles. The van der Waals surface area contributed by atoms with Gasteiger partial charge < -0.3 is 14.9 Å². The van der Waals surface area contributed by atoms with Crippen molar-refractivity contribution in [3.05, 3.63) is 30.2 Å². The fourth-order valence-corrected chi connectivity index (χ4v) is 0.772. The first-order valence-corrected chi connectivity index (χ1v) is 3.79. The fourth-order valence-electron chi connectivity index (χ4n) is 0.772. The SMILES string of the molecule is O=C(O)/C=C/CNCc1ccno1. The summed E-state index contributed by atoms with van der Waals surface area (Å²) in [5.41, 5.74) is 0. The lowest BCUT2D eigenvalue weighted by Gasteiger charge is -1.94. The van der Waals surface area contributed by atoms with Crippen molar-refractivity contribution in [2.24, 2.45) is 0 Å². The number of hydrogen-bond acceptors (Lipinski definition) is 4. The monoisotopic (exact) mass is 182 g/mol. The van der Waals surface area contributed by atoms with Crippen LogP contribution in [-0.4, -0.2) is 22.8 Å². The van der Waals surface area contributed by atoms with Crippen LogP contribution >= 0.6 is 0 Å². The zero-order chi connectivity index (χ0) is 9.52. The lowest BCUT2D eigenvalue weighted by Crippen LogP contribution is -2.12. The van der Waals surface area contributed by atoms with Crippen molar-refractivity contribution in [1.82, 2.24) is 10.5 Å². The van der Waals surface area contributed by atoms with Gasteiger partial charge in [0.1, 0.15) is 5.76 Å². The zero-order valence-corrected chi connectivity index (χ0v) is 6.93. The summed E-state index contributed by atoms with van der Waals surface area (Å²) in [6.07, 6.45) is 4.18. The number of carboxylic acid groups (broad SMARTS) is 1. The first kappa shape index (κ1) is 9.47. The van der Waals surface area contributed by atoms with Crippen LogP contribution < -0.4 is 5.32 Å². The number of nitrogens with one attached hydrogen (secondary N) is 1. The first-order chi connectivity index (χ1) is 6.29. The average Bonchev–Trinajstić information content (AvgIpc) is 2.55. The van der Waals surface area contributed by atoms with E-state index in [0.29, 0.717) is 13.1 Å². The van der Waals surface area contributed by atoms with Gasteiger partial charge >= 0.3 is 5.97 Å². The molecular weight excluding hydrogens is 172 g/mol. The molecule has 70 valence electrons. The normalized spacial score (nSPS) is 10.8. The first-order valence-electron chi connectivity index (χ1n) is 3.79. The van der Waals surface area contributed by atoms with Crippen LogP contribution in [0.4, 0.5) is 0 Å². The topological polar surface area (TPSA) is 75.4 Å². The molecule has 5 heteroatoms. The Balaban J connectivity index is 2.12. The predicted molar refractivity (Wildman–Crippen MR) is 45.0 cm³/mol. The van der Waals surface area contributed by atoms with Crippen LogP contribution in [0.2, 0.25) is 0 Å². The van der Waals surface area contributed by atoms with Gasteiger partial charge in [-0.25, -0.2) is 4.79 Å². The van der Waals surface area contributed by atoms with Gasteiger partial charge in [0, 0.05) is 18.7 Å². The lowest BCUT2D eigenvalue weighted by molar-refractivity contribution is -0.131. The smallest absolute Gasteiger partial charge is 0.328 e. The Hall–Kier alpha value is -1.62. The van der Waals surface area contributed by atoms with E-state index in [2.05, 4.69) is 10.5 Å². The molecule has 0 saturated heterocycles. The molecule has 0 bridgehead atoms. The van der Waals surface area contributed by atoms with E-state index in [1.54, 1.807) is 12.3 Å². The third-order valence-corrected chi connectivity index (χ3v) is 1.31. The van der Waals surface area contributed by atoms with E-state index in [1.807, 2.05) is 0 Å². The Bertz CT molecular complexity index is 280. The second-order valence-electron chi connectivity index (χ2n) is 2.35. The van der Waals surface area contributed by atoms with Crippen molar-refractivity contribution in [3.8, 4) is 0 Å². The quantitative estimate of drug-likeness (QED) is 0.509. The lowest BCUT2D eigenvalue weighted by atomic mass is 10.4. The van der Waals surface area contributed by atoms with E-state index in [4.69, 9.17) is 9.63 Å². The maximum atomic E-state index is 10.0. The second kappa shape index (κ2) is 5.10. The van der Waals surface area contributed by atoms with Gasteiger partial charge in [0.15, 0.2) is 0 Å². The molecule has 0 amide bonds. The van der Waals surface area contributed by atoms with Crippen molar-refractivity contribution < 1.29 is 14.4 Å². The van der Waals surface area contributed by atoms with Crippen LogP contribution in [0.15, 0.2) is 28.9 Å². The maximum Gasteiger partial charge on any atom is 0.328 e. The number of aliphatic carboxylic acids is 1. The van der Waals surface area contributed by atoms with Crippen molar-refractivity contribution in [2.75, 3.05) is 6.54 Å². The molecule has 0 aliphatic rings. The summed E-state index contributed by atoms with van der Waals surface area (Å²) in [5.74, 6) is -0.217. The van der Waals surface area contributed by atoms with E-state index < -0.39 is 5.97 Å². The minimum absolute atomic E-state index is 0.493. The second-order valence-corrected chi connectivity index (χ2v) is 2.35. The Morgan fingerprint density at radius 2 is 2.62 bits per heavy atom. The van der Waals surface area contributed by atoms with Gasteiger partial charge in [0.05, 0.1) is 12.7 Å². The molecule has 5 nitrogen and oxygen atoms in total. The van der Waals surface area contributed by atoms with Crippen LogP contribution in [0.5, 0.6) is 0 Å². The molecule has 0 radical (unpaired) electrons. The summed E-state index contributed by atoms with van der Waals surface area (Å²) in [6, 6.07) is 1.74. The third-order valence-electron chi connectivity index (χ3n) is 1.31. The van der Waals surface area contributed by atoms with E-state index >= 15 is 0 Å². The van der Waals surface area contributed by atoms with Gasteiger partial charge in [-0.2, -0.15) is 0 Å². The average molecular weight is 182 g/mol. The number of carbonyl (C=O) groups is 1. The largest absolute Gasteiger partial charge is 0.478 e. The van der Waals surface area contributed by atoms with Gasteiger partial charge in [0.25, 0.3) is 0 Å². The number of carboxylic acids is 1. The molecular formula is C8H10N2O3. The van der Waals surface area contributed by atoms with Gasteiger partial charge in [-0.3, -0.25) is 0 Å². The molecule has 2 N–H and O–H groups in total. The maximum absolute atomic E-state index is 10.0. The highest BCUT2D eigenvalue weighted by atomic mass is 16.5. The standard InChI is InChI=1S/C8H10N2O3/c11-8(12)2-1-4-9-6-7-3-5-10-13-7/h1-3,5,9H,4,6H2,(H,11,12)/b2-1+. The van der Waals surface area contributed by atoms with Crippen LogP contribution in [0.3, 0.4) is 0 Å². The van der Waals surface area contributed by atoms with E-state index in [1.165, 1.54) is 6.08 Å². The fraction of sp³-hybridized carbons (Fsp3) is 0.250. The number of hydrogen-bond donors (Lipinski definition) is 2. The van der Waals surface area contributed by atoms with Gasteiger partial charge in [-0.15, -0.1) is 0 Å².